The summed E-state index contributed by atoms with van der Waals surface area (Å²) in [7, 11) is 0. The van der Waals surface area contributed by atoms with Crippen LogP contribution >= 0.6 is 0 Å². The summed E-state index contributed by atoms with van der Waals surface area (Å²) in [6.45, 7) is 0. The van der Waals surface area contributed by atoms with E-state index in [1.807, 2.05) is 0 Å². The molecule has 1 aromatic heterocycles. The van der Waals surface area contributed by atoms with Crippen LogP contribution in [0.2, 0.25) is 0 Å². The van der Waals surface area contributed by atoms with Gasteiger partial charge in [0.15, 0.2) is 0 Å². The molecule has 0 radical (unpaired) electrons. The van der Waals surface area contributed by atoms with Gasteiger partial charge >= 0.3 is 0 Å². The monoisotopic (exact) mass is 868 g/mol. The Morgan fingerprint density at radius 3 is 1.85 bits per heavy atom. The van der Waals surface area contributed by atoms with E-state index in [4.69, 9.17) is 0 Å². The standard InChI is InChI=1S/C66H48N2/c1-4-16-45(17-5-1)47-28-30-48(31-29-47)49-32-35-53(36-33-49)67(56-39-41-64-61(43-56)59-25-14-15-27-63(59)68(64)54-37-34-46-18-10-11-23-52(46)42-54)55-38-40-58-57-24-12-13-26-60(57)66(62(58)44-55)65(50-19-6-2-7-20-50)51-21-8-3-9-22-51/h1-2,4-6,8,10-19,21-44H,3,7,9,20H2/b66-65+. The topological polar surface area (TPSA) is 8.17 Å². The van der Waals surface area contributed by atoms with Crippen molar-refractivity contribution >= 4 is 55.2 Å². The molecule has 0 N–H and O–H groups in total. The number of fused-ring (bicyclic) bond motifs is 7. The molecule has 13 rings (SSSR count). The van der Waals surface area contributed by atoms with Crippen molar-refractivity contribution in [3.05, 3.63) is 271 Å². The van der Waals surface area contributed by atoms with Crippen molar-refractivity contribution in [3.8, 4) is 39.1 Å². The molecule has 2 heteroatoms. The van der Waals surface area contributed by atoms with Gasteiger partial charge < -0.3 is 9.47 Å². The average molecular weight is 869 g/mol. The van der Waals surface area contributed by atoms with Gasteiger partial charge in [0.05, 0.1) is 11.0 Å². The molecule has 2 nitrogen and oxygen atoms in total. The summed E-state index contributed by atoms with van der Waals surface area (Å²) >= 11 is 0. The van der Waals surface area contributed by atoms with E-state index in [0.29, 0.717) is 0 Å². The zero-order valence-electron chi connectivity index (χ0n) is 37.8. The first-order chi connectivity index (χ1) is 33.7. The highest BCUT2D eigenvalue weighted by molar-refractivity contribution is 6.11. The van der Waals surface area contributed by atoms with E-state index in [-0.39, 0.29) is 0 Å². The Balaban J connectivity index is 0.998. The first-order valence-electron chi connectivity index (χ1n) is 24.0. The zero-order valence-corrected chi connectivity index (χ0v) is 37.8. The zero-order chi connectivity index (χ0) is 45.0. The fourth-order valence-electron chi connectivity index (χ4n) is 11.0. The molecule has 0 unspecified atom stereocenters. The van der Waals surface area contributed by atoms with Crippen molar-refractivity contribution in [1.29, 1.82) is 0 Å². The third-order valence-corrected chi connectivity index (χ3v) is 14.2. The Hall–Kier alpha value is -8.46. The van der Waals surface area contributed by atoms with Gasteiger partial charge in [-0.15, -0.1) is 0 Å². The van der Waals surface area contributed by atoms with Gasteiger partial charge in [-0.25, -0.2) is 0 Å². The Bertz CT molecular complexity index is 3760. The quantitative estimate of drug-likeness (QED) is 0.148. The number of rotatable bonds is 8. The summed E-state index contributed by atoms with van der Waals surface area (Å²) in [4.78, 5) is 2.47. The molecular weight excluding hydrogens is 821 g/mol. The molecule has 3 aliphatic carbocycles. The molecule has 10 aromatic rings. The highest BCUT2D eigenvalue weighted by Crippen LogP contribution is 2.51. The van der Waals surface area contributed by atoms with E-state index in [0.717, 1.165) is 48.4 Å². The third kappa shape index (κ3) is 6.88. The van der Waals surface area contributed by atoms with Crippen molar-refractivity contribution in [3.63, 3.8) is 0 Å². The first kappa shape index (κ1) is 39.9. The van der Waals surface area contributed by atoms with Crippen LogP contribution in [0.15, 0.2) is 259 Å². The van der Waals surface area contributed by atoms with Gasteiger partial charge in [-0.2, -0.15) is 0 Å². The predicted molar refractivity (Wildman–Crippen MR) is 288 cm³/mol. The van der Waals surface area contributed by atoms with Gasteiger partial charge in [0.2, 0.25) is 0 Å². The van der Waals surface area contributed by atoms with Crippen LogP contribution in [-0.4, -0.2) is 4.57 Å². The fraction of sp³-hybridized carbons (Fsp3) is 0.0606. The van der Waals surface area contributed by atoms with E-state index in [1.54, 1.807) is 0 Å². The van der Waals surface area contributed by atoms with Gasteiger partial charge in [0.25, 0.3) is 0 Å². The second-order valence-corrected chi connectivity index (χ2v) is 18.2. The van der Waals surface area contributed by atoms with Crippen LogP contribution in [0.3, 0.4) is 0 Å². The third-order valence-electron chi connectivity index (χ3n) is 14.2. The number of nitrogens with zero attached hydrogens (tertiary/aromatic N) is 2. The normalized spacial score (nSPS) is 14.8. The van der Waals surface area contributed by atoms with E-state index in [1.165, 1.54) is 99.4 Å². The lowest BCUT2D eigenvalue weighted by molar-refractivity contribution is 0.964. The lowest BCUT2D eigenvalue weighted by atomic mass is 9.83. The second kappa shape index (κ2) is 16.8. The van der Waals surface area contributed by atoms with Crippen molar-refractivity contribution in [2.75, 3.05) is 4.90 Å². The number of aromatic nitrogens is 1. The summed E-state index contributed by atoms with van der Waals surface area (Å²) in [5, 5.41) is 4.93. The molecule has 3 aliphatic rings. The Morgan fingerprint density at radius 2 is 1.07 bits per heavy atom. The predicted octanol–water partition coefficient (Wildman–Crippen LogP) is 18.1. The van der Waals surface area contributed by atoms with Gasteiger partial charge in [-0.3, -0.25) is 0 Å². The molecule has 0 fully saturated rings. The first-order valence-corrected chi connectivity index (χ1v) is 24.0. The summed E-state index contributed by atoms with van der Waals surface area (Å²) in [5.74, 6) is 0. The summed E-state index contributed by atoms with van der Waals surface area (Å²) in [6.07, 6.45) is 18.3. The number of benzene rings is 9. The van der Waals surface area contributed by atoms with E-state index in [2.05, 4.69) is 252 Å². The summed E-state index contributed by atoms with van der Waals surface area (Å²) in [6, 6.07) is 76.3. The highest BCUT2D eigenvalue weighted by atomic mass is 15.1. The van der Waals surface area contributed by atoms with Crippen molar-refractivity contribution < 1.29 is 0 Å². The van der Waals surface area contributed by atoms with Crippen LogP contribution in [0.25, 0.3) is 77.2 Å². The molecular formula is C66H48N2. The van der Waals surface area contributed by atoms with Crippen LogP contribution < -0.4 is 4.90 Å². The smallest absolute Gasteiger partial charge is 0.0542 e. The molecule has 0 saturated carbocycles. The SMILES string of the molecule is C1=CCCC(/C(C2=CCCC=C2)=C2/c3ccccc3-c3ccc(N(c4ccc(-c5ccc(-c6ccccc6)cc5)cc4)c4ccc5c(c4)c4ccccc4n5-c4ccc5ccccc5c4)cc32)=C1. The van der Waals surface area contributed by atoms with E-state index in [9.17, 15) is 0 Å². The lowest BCUT2D eigenvalue weighted by Crippen LogP contribution is -2.10. The van der Waals surface area contributed by atoms with Gasteiger partial charge in [-0.05, 0) is 164 Å². The molecule has 322 valence electrons. The molecule has 0 aliphatic heterocycles. The van der Waals surface area contributed by atoms with Crippen molar-refractivity contribution in [2.24, 2.45) is 0 Å². The molecule has 0 amide bonds. The Morgan fingerprint density at radius 1 is 0.426 bits per heavy atom. The van der Waals surface area contributed by atoms with Crippen LogP contribution in [0, 0.1) is 0 Å². The van der Waals surface area contributed by atoms with Gasteiger partial charge in [-0.1, -0.05) is 182 Å². The van der Waals surface area contributed by atoms with Crippen LogP contribution in [0.1, 0.15) is 36.8 Å². The number of anilines is 3. The highest BCUT2D eigenvalue weighted by Gasteiger charge is 2.30. The summed E-state index contributed by atoms with van der Waals surface area (Å²) in [5.41, 5.74) is 22.3. The lowest BCUT2D eigenvalue weighted by Gasteiger charge is -2.27. The second-order valence-electron chi connectivity index (χ2n) is 18.2. The molecule has 0 spiro atoms. The number of hydrogen-bond donors (Lipinski definition) is 0. The van der Waals surface area contributed by atoms with Crippen LogP contribution in [0.5, 0.6) is 0 Å². The van der Waals surface area contributed by atoms with Crippen molar-refractivity contribution in [2.45, 2.75) is 25.7 Å². The maximum atomic E-state index is 2.47. The summed E-state index contributed by atoms with van der Waals surface area (Å²) < 4.78 is 2.43. The molecule has 0 bridgehead atoms. The number of hydrogen-bond acceptors (Lipinski definition) is 1. The average Bonchev–Trinajstić information content (AvgIpc) is 3.92. The Kier molecular flexibility index (Phi) is 9.83. The number of allylic oxidation sites excluding steroid dienone is 9. The van der Waals surface area contributed by atoms with Crippen LogP contribution in [0.4, 0.5) is 17.1 Å². The molecule has 1 heterocycles. The van der Waals surface area contributed by atoms with Gasteiger partial charge in [0.1, 0.15) is 0 Å². The van der Waals surface area contributed by atoms with Crippen LogP contribution in [-0.2, 0) is 0 Å². The van der Waals surface area contributed by atoms with Crippen molar-refractivity contribution in [1.82, 2.24) is 4.57 Å². The number of para-hydroxylation sites is 1. The minimum atomic E-state index is 1.03. The molecule has 0 saturated heterocycles. The molecule has 9 aromatic carbocycles. The Labute approximate surface area is 398 Å². The maximum absolute atomic E-state index is 2.47. The minimum Gasteiger partial charge on any atom is -0.310 e. The molecule has 0 atom stereocenters. The minimum absolute atomic E-state index is 1.03. The largest absolute Gasteiger partial charge is 0.310 e. The van der Waals surface area contributed by atoms with E-state index < -0.39 is 0 Å². The molecule has 68 heavy (non-hydrogen) atoms. The maximum Gasteiger partial charge on any atom is 0.0542 e. The fourth-order valence-corrected chi connectivity index (χ4v) is 11.0. The van der Waals surface area contributed by atoms with E-state index >= 15 is 0 Å². The van der Waals surface area contributed by atoms with Gasteiger partial charge in [0, 0.05) is 33.5 Å².